The van der Waals surface area contributed by atoms with Crippen LogP contribution in [0.15, 0.2) is 24.3 Å². The van der Waals surface area contributed by atoms with Crippen LogP contribution in [0.2, 0.25) is 0 Å². The molecule has 0 bridgehead atoms. The zero-order valence-corrected chi connectivity index (χ0v) is 11.4. The second kappa shape index (κ2) is 6.74. The molecule has 7 nitrogen and oxygen atoms in total. The Morgan fingerprint density at radius 1 is 1.29 bits per heavy atom. The molecule has 3 amide bonds. The zero-order valence-electron chi connectivity index (χ0n) is 11.4. The zero-order chi connectivity index (χ0) is 15.2. The molecular weight excluding hydrogens is 274 g/mol. The van der Waals surface area contributed by atoms with Gasteiger partial charge >= 0.3 is 12.0 Å². The number of urea groups is 1. The highest BCUT2D eigenvalue weighted by Crippen LogP contribution is 2.11. The van der Waals surface area contributed by atoms with Gasteiger partial charge < -0.3 is 21.1 Å². The fourth-order valence-electron chi connectivity index (χ4n) is 2.13. The van der Waals surface area contributed by atoms with Crippen LogP contribution in [0, 0.1) is 0 Å². The Hall–Kier alpha value is -2.57. The fourth-order valence-corrected chi connectivity index (χ4v) is 2.13. The van der Waals surface area contributed by atoms with E-state index in [9.17, 15) is 14.4 Å². The van der Waals surface area contributed by atoms with Crippen LogP contribution in [-0.4, -0.2) is 35.6 Å². The van der Waals surface area contributed by atoms with E-state index in [4.69, 9.17) is 5.11 Å². The Bertz CT molecular complexity index is 559. The molecule has 1 aliphatic rings. The number of carbonyl (C=O) groups is 3. The van der Waals surface area contributed by atoms with Crippen molar-refractivity contribution in [1.29, 1.82) is 0 Å². The molecule has 4 N–H and O–H groups in total. The van der Waals surface area contributed by atoms with Gasteiger partial charge in [0, 0.05) is 12.2 Å². The number of aromatic carboxylic acids is 1. The lowest BCUT2D eigenvalue weighted by molar-refractivity contribution is -0.122. The summed E-state index contributed by atoms with van der Waals surface area (Å²) in [5.41, 5.74) is 0.446. The highest BCUT2D eigenvalue weighted by atomic mass is 16.4. The maximum atomic E-state index is 11.9. The Morgan fingerprint density at radius 3 is 2.86 bits per heavy atom. The Kier molecular flexibility index (Phi) is 4.76. The van der Waals surface area contributed by atoms with Crippen LogP contribution >= 0.6 is 0 Å². The van der Waals surface area contributed by atoms with Gasteiger partial charge in [0.15, 0.2) is 0 Å². The molecule has 1 aromatic carbocycles. The van der Waals surface area contributed by atoms with E-state index in [1.165, 1.54) is 18.2 Å². The number of benzene rings is 1. The molecule has 112 valence electrons. The summed E-state index contributed by atoms with van der Waals surface area (Å²) in [6, 6.07) is 4.82. The van der Waals surface area contributed by atoms with Crippen LogP contribution in [0.3, 0.4) is 0 Å². The Morgan fingerprint density at radius 2 is 2.10 bits per heavy atom. The number of hydrogen-bond acceptors (Lipinski definition) is 3. The molecule has 21 heavy (non-hydrogen) atoms. The number of carbonyl (C=O) groups excluding carboxylic acids is 2. The van der Waals surface area contributed by atoms with Crippen LogP contribution in [-0.2, 0) is 4.79 Å². The van der Waals surface area contributed by atoms with Crippen molar-refractivity contribution in [3.8, 4) is 0 Å². The van der Waals surface area contributed by atoms with Crippen LogP contribution < -0.4 is 16.0 Å². The quantitative estimate of drug-likeness (QED) is 0.670. The van der Waals surface area contributed by atoms with Crippen LogP contribution in [0.4, 0.5) is 10.5 Å². The van der Waals surface area contributed by atoms with Crippen molar-refractivity contribution >= 4 is 23.6 Å². The smallest absolute Gasteiger partial charge is 0.335 e. The molecule has 1 heterocycles. The van der Waals surface area contributed by atoms with Gasteiger partial charge in [-0.25, -0.2) is 9.59 Å². The standard InChI is InChI=1S/C14H17N3O4/c18-12-11(6-1-2-7-15-12)17-14(21)16-10-5-3-4-9(8-10)13(19)20/h3-5,8,11H,1-2,6-7H2,(H,15,18)(H,19,20)(H2,16,17,21). The van der Waals surface area contributed by atoms with E-state index in [-0.39, 0.29) is 11.5 Å². The van der Waals surface area contributed by atoms with E-state index in [0.717, 1.165) is 12.8 Å². The molecule has 0 aromatic heterocycles. The summed E-state index contributed by atoms with van der Waals surface area (Å²) < 4.78 is 0. The highest BCUT2D eigenvalue weighted by molar-refractivity contribution is 5.95. The predicted molar refractivity (Wildman–Crippen MR) is 76.2 cm³/mol. The monoisotopic (exact) mass is 291 g/mol. The predicted octanol–water partition coefficient (Wildman–Crippen LogP) is 1.17. The minimum absolute atomic E-state index is 0.0833. The van der Waals surface area contributed by atoms with Crippen molar-refractivity contribution < 1.29 is 19.5 Å². The third kappa shape index (κ3) is 4.20. The van der Waals surface area contributed by atoms with E-state index in [0.29, 0.717) is 18.7 Å². The van der Waals surface area contributed by atoms with Gasteiger partial charge in [0.25, 0.3) is 0 Å². The largest absolute Gasteiger partial charge is 0.478 e. The summed E-state index contributed by atoms with van der Waals surface area (Å²) in [4.78, 5) is 34.4. The molecule has 7 heteroatoms. The molecule has 1 saturated heterocycles. The number of carboxylic acids is 1. The fraction of sp³-hybridized carbons (Fsp3) is 0.357. The summed E-state index contributed by atoms with van der Waals surface area (Å²) in [6.07, 6.45) is 2.35. The summed E-state index contributed by atoms with van der Waals surface area (Å²) in [6.45, 7) is 0.624. The molecule has 1 aromatic rings. The van der Waals surface area contributed by atoms with Crippen LogP contribution in [0.1, 0.15) is 29.6 Å². The molecule has 1 unspecified atom stereocenters. The van der Waals surface area contributed by atoms with Crippen molar-refractivity contribution in [3.63, 3.8) is 0 Å². The van der Waals surface area contributed by atoms with Crippen molar-refractivity contribution in [3.05, 3.63) is 29.8 Å². The van der Waals surface area contributed by atoms with E-state index in [2.05, 4.69) is 16.0 Å². The third-order valence-corrected chi connectivity index (χ3v) is 3.21. The lowest BCUT2D eigenvalue weighted by Crippen LogP contribution is -2.47. The van der Waals surface area contributed by atoms with Gasteiger partial charge in [-0.15, -0.1) is 0 Å². The molecule has 2 rings (SSSR count). The van der Waals surface area contributed by atoms with Crippen LogP contribution in [0.5, 0.6) is 0 Å². The number of anilines is 1. The van der Waals surface area contributed by atoms with Crippen molar-refractivity contribution in [1.82, 2.24) is 10.6 Å². The number of rotatable bonds is 3. The number of amides is 3. The first kappa shape index (κ1) is 14.8. The highest BCUT2D eigenvalue weighted by Gasteiger charge is 2.22. The number of nitrogens with one attached hydrogen (secondary N) is 3. The van der Waals surface area contributed by atoms with E-state index >= 15 is 0 Å². The average Bonchev–Trinajstić information content (AvgIpc) is 2.64. The van der Waals surface area contributed by atoms with Crippen molar-refractivity contribution in [2.45, 2.75) is 25.3 Å². The van der Waals surface area contributed by atoms with E-state index in [1.54, 1.807) is 6.07 Å². The molecule has 0 aliphatic carbocycles. The maximum absolute atomic E-state index is 11.9. The first-order valence-corrected chi connectivity index (χ1v) is 6.75. The SMILES string of the molecule is O=C(Nc1cccc(C(=O)O)c1)NC1CCCCNC1=O. The normalized spacial score (nSPS) is 18.3. The number of hydrogen-bond donors (Lipinski definition) is 4. The first-order chi connectivity index (χ1) is 10.1. The van der Waals surface area contributed by atoms with E-state index in [1.807, 2.05) is 0 Å². The summed E-state index contributed by atoms with van der Waals surface area (Å²) in [5.74, 6) is -1.26. The lowest BCUT2D eigenvalue weighted by atomic mass is 10.1. The van der Waals surface area contributed by atoms with Gasteiger partial charge in [0.2, 0.25) is 5.91 Å². The average molecular weight is 291 g/mol. The molecular formula is C14H17N3O4. The van der Waals surface area contributed by atoms with Gasteiger partial charge in [-0.3, -0.25) is 4.79 Å². The minimum Gasteiger partial charge on any atom is -0.478 e. The second-order valence-corrected chi connectivity index (χ2v) is 4.82. The van der Waals surface area contributed by atoms with Crippen LogP contribution in [0.25, 0.3) is 0 Å². The molecule has 0 spiro atoms. The second-order valence-electron chi connectivity index (χ2n) is 4.82. The lowest BCUT2D eigenvalue weighted by Gasteiger charge is -2.15. The summed E-state index contributed by atoms with van der Waals surface area (Å²) in [7, 11) is 0. The van der Waals surface area contributed by atoms with Gasteiger partial charge in [-0.2, -0.15) is 0 Å². The van der Waals surface area contributed by atoms with Crippen molar-refractivity contribution in [2.24, 2.45) is 0 Å². The van der Waals surface area contributed by atoms with Crippen molar-refractivity contribution in [2.75, 3.05) is 11.9 Å². The molecule has 1 fully saturated rings. The van der Waals surface area contributed by atoms with E-state index < -0.39 is 18.0 Å². The Labute approximate surface area is 121 Å². The van der Waals surface area contributed by atoms with Gasteiger partial charge in [0.1, 0.15) is 6.04 Å². The Balaban J connectivity index is 1.96. The topological polar surface area (TPSA) is 108 Å². The molecule has 1 aliphatic heterocycles. The van der Waals surface area contributed by atoms with Gasteiger partial charge in [0.05, 0.1) is 5.56 Å². The molecule has 1 atom stereocenters. The van der Waals surface area contributed by atoms with Gasteiger partial charge in [-0.05, 0) is 37.5 Å². The summed E-state index contributed by atoms with van der Waals surface area (Å²) in [5, 5.41) is 16.7. The number of carboxylic acid groups (broad SMARTS) is 1. The first-order valence-electron chi connectivity index (χ1n) is 6.75. The molecule has 0 radical (unpaired) electrons. The maximum Gasteiger partial charge on any atom is 0.335 e. The van der Waals surface area contributed by atoms with Gasteiger partial charge in [-0.1, -0.05) is 6.07 Å². The third-order valence-electron chi connectivity index (χ3n) is 3.21. The summed E-state index contributed by atoms with van der Waals surface area (Å²) >= 11 is 0. The molecule has 0 saturated carbocycles. The minimum atomic E-state index is -1.07.